The Labute approximate surface area is 179 Å². The number of nitrogens with zero attached hydrogens (tertiary/aromatic N) is 1. The van der Waals surface area contributed by atoms with E-state index in [9.17, 15) is 10.2 Å². The number of nitrogens with one attached hydrogen (secondary N) is 3. The molecule has 3 aromatic rings. The van der Waals surface area contributed by atoms with E-state index in [4.69, 9.17) is 10.1 Å². The summed E-state index contributed by atoms with van der Waals surface area (Å²) in [5.74, 6) is 1.45. The molecular weight excluding hydrogens is 400 g/mol. The lowest BCUT2D eigenvalue weighted by Crippen LogP contribution is -2.38. The maximum absolute atomic E-state index is 10.2. The summed E-state index contributed by atoms with van der Waals surface area (Å²) in [4.78, 5) is 0. The number of aromatic nitrogens is 1. The van der Waals surface area contributed by atoms with Gasteiger partial charge in [0.25, 0.3) is 0 Å². The van der Waals surface area contributed by atoms with Gasteiger partial charge < -0.3 is 25.6 Å². The van der Waals surface area contributed by atoms with Gasteiger partial charge in [-0.3, -0.25) is 5.41 Å². The SMILES string of the molecule is N=C(N[C@H]1CC[C@H](O)CC1)c1c(O)nsc1Nc1ccc(Oc2ccccc2)cc1. The molecule has 4 rings (SSSR count). The predicted octanol–water partition coefficient (Wildman–Crippen LogP) is 4.60. The zero-order valence-corrected chi connectivity index (χ0v) is 17.2. The van der Waals surface area contributed by atoms with E-state index in [-0.39, 0.29) is 23.9 Å². The summed E-state index contributed by atoms with van der Waals surface area (Å²) < 4.78 is 9.80. The fraction of sp³-hybridized carbons (Fsp3) is 0.273. The number of ether oxygens (including phenoxy) is 1. The average molecular weight is 425 g/mol. The molecule has 8 heteroatoms. The molecule has 1 aliphatic rings. The first-order valence-corrected chi connectivity index (χ1v) is 10.7. The standard InChI is InChI=1S/C22H24N4O3S/c23-20(24-14-6-10-16(27)11-7-14)19-21(28)26-30-22(19)25-15-8-12-18(13-9-15)29-17-4-2-1-3-5-17/h1-5,8-9,12-14,16,25,27H,6-7,10-11H2,(H2,23,24)(H,26,28)/t14-,16-. The molecule has 0 aliphatic heterocycles. The van der Waals surface area contributed by atoms with Crippen LogP contribution in [-0.2, 0) is 0 Å². The minimum absolute atomic E-state index is 0.113. The Kier molecular flexibility index (Phi) is 6.15. The molecule has 0 amide bonds. The quantitative estimate of drug-likeness (QED) is 0.292. The summed E-state index contributed by atoms with van der Waals surface area (Å²) in [5, 5.41) is 35.2. The van der Waals surface area contributed by atoms with Crippen molar-refractivity contribution in [3.8, 4) is 17.4 Å². The van der Waals surface area contributed by atoms with E-state index in [0.717, 1.165) is 48.7 Å². The number of rotatable bonds is 6. The van der Waals surface area contributed by atoms with Crippen LogP contribution in [0, 0.1) is 5.41 Å². The summed E-state index contributed by atoms with van der Waals surface area (Å²) in [6.45, 7) is 0. The first-order valence-electron chi connectivity index (χ1n) is 9.90. The number of aliphatic hydroxyl groups excluding tert-OH is 1. The first-order chi connectivity index (χ1) is 14.6. The summed E-state index contributed by atoms with van der Waals surface area (Å²) >= 11 is 1.11. The van der Waals surface area contributed by atoms with Crippen LogP contribution in [0.15, 0.2) is 54.6 Å². The van der Waals surface area contributed by atoms with Crippen molar-refractivity contribution >= 4 is 28.1 Å². The van der Waals surface area contributed by atoms with Crippen molar-refractivity contribution in [3.05, 3.63) is 60.2 Å². The third-order valence-corrected chi connectivity index (χ3v) is 5.81. The van der Waals surface area contributed by atoms with E-state index in [0.29, 0.717) is 16.3 Å². The smallest absolute Gasteiger partial charge is 0.236 e. The predicted molar refractivity (Wildman–Crippen MR) is 118 cm³/mol. The Morgan fingerprint density at radius 2 is 1.67 bits per heavy atom. The van der Waals surface area contributed by atoms with E-state index in [1.807, 2.05) is 54.6 Å². The summed E-state index contributed by atoms with van der Waals surface area (Å²) in [7, 11) is 0. The molecular formula is C22H24N4O3S. The van der Waals surface area contributed by atoms with E-state index in [1.54, 1.807) is 0 Å². The van der Waals surface area contributed by atoms with E-state index in [1.165, 1.54) is 0 Å². The van der Waals surface area contributed by atoms with E-state index < -0.39 is 0 Å². The number of amidine groups is 1. The molecule has 0 saturated heterocycles. The number of anilines is 2. The Bertz CT molecular complexity index is 983. The molecule has 0 unspecified atom stereocenters. The number of hydrogen-bond acceptors (Lipinski definition) is 7. The summed E-state index contributed by atoms with van der Waals surface area (Å²) in [6, 6.07) is 17.1. The van der Waals surface area contributed by atoms with Gasteiger partial charge in [0.05, 0.1) is 6.10 Å². The summed E-state index contributed by atoms with van der Waals surface area (Å²) in [6.07, 6.45) is 2.79. The van der Waals surface area contributed by atoms with E-state index >= 15 is 0 Å². The van der Waals surface area contributed by atoms with Crippen LogP contribution < -0.4 is 15.4 Å². The molecule has 5 N–H and O–H groups in total. The van der Waals surface area contributed by atoms with Gasteiger partial charge in [0.15, 0.2) is 0 Å². The van der Waals surface area contributed by atoms with Crippen molar-refractivity contribution < 1.29 is 14.9 Å². The minimum Gasteiger partial charge on any atom is -0.492 e. The lowest BCUT2D eigenvalue weighted by Gasteiger charge is -2.27. The van der Waals surface area contributed by atoms with Gasteiger partial charge in [-0.25, -0.2) is 0 Å². The molecule has 156 valence electrons. The van der Waals surface area contributed by atoms with Crippen LogP contribution in [0.3, 0.4) is 0 Å². The van der Waals surface area contributed by atoms with Crippen molar-refractivity contribution in [1.29, 1.82) is 5.41 Å². The van der Waals surface area contributed by atoms with Gasteiger partial charge in [0.1, 0.15) is 27.9 Å². The fourth-order valence-electron chi connectivity index (χ4n) is 3.45. The zero-order chi connectivity index (χ0) is 20.9. The molecule has 2 aromatic carbocycles. The van der Waals surface area contributed by atoms with Crippen LogP contribution >= 0.6 is 11.5 Å². The number of aromatic hydroxyl groups is 1. The molecule has 0 atom stereocenters. The van der Waals surface area contributed by atoms with E-state index in [2.05, 4.69) is 15.0 Å². The summed E-state index contributed by atoms with van der Waals surface area (Å²) in [5.41, 5.74) is 1.16. The second-order valence-electron chi connectivity index (χ2n) is 7.30. The lowest BCUT2D eigenvalue weighted by atomic mass is 9.93. The maximum Gasteiger partial charge on any atom is 0.236 e. The van der Waals surface area contributed by atoms with Crippen molar-refractivity contribution in [3.63, 3.8) is 0 Å². The average Bonchev–Trinajstić information content (AvgIpc) is 3.12. The molecule has 0 radical (unpaired) electrons. The number of para-hydroxylation sites is 1. The molecule has 1 aliphatic carbocycles. The second-order valence-corrected chi connectivity index (χ2v) is 8.07. The van der Waals surface area contributed by atoms with Crippen LogP contribution in [0.2, 0.25) is 0 Å². The third kappa shape index (κ3) is 4.90. The van der Waals surface area contributed by atoms with Crippen molar-refractivity contribution in [2.24, 2.45) is 0 Å². The zero-order valence-electron chi connectivity index (χ0n) is 16.3. The molecule has 1 saturated carbocycles. The Morgan fingerprint density at radius 3 is 2.37 bits per heavy atom. The maximum atomic E-state index is 10.2. The van der Waals surface area contributed by atoms with Crippen LogP contribution in [0.5, 0.6) is 17.4 Å². The lowest BCUT2D eigenvalue weighted by molar-refractivity contribution is 0.120. The molecule has 0 bridgehead atoms. The van der Waals surface area contributed by atoms with Gasteiger partial charge in [-0.15, -0.1) is 0 Å². The molecule has 0 spiro atoms. The Balaban J connectivity index is 1.42. The molecule has 30 heavy (non-hydrogen) atoms. The van der Waals surface area contributed by atoms with Crippen molar-refractivity contribution in [2.75, 3.05) is 5.32 Å². The highest BCUT2D eigenvalue weighted by atomic mass is 32.1. The molecule has 1 aromatic heterocycles. The van der Waals surface area contributed by atoms with Gasteiger partial charge in [-0.05, 0) is 73.6 Å². The van der Waals surface area contributed by atoms with Gasteiger partial charge >= 0.3 is 0 Å². The highest BCUT2D eigenvalue weighted by Crippen LogP contribution is 2.33. The van der Waals surface area contributed by atoms with Crippen LogP contribution in [0.1, 0.15) is 31.2 Å². The van der Waals surface area contributed by atoms with Crippen molar-refractivity contribution in [1.82, 2.24) is 9.69 Å². The van der Waals surface area contributed by atoms with Gasteiger partial charge in [-0.1, -0.05) is 18.2 Å². The Hall–Kier alpha value is -3.10. The molecule has 7 nitrogen and oxygen atoms in total. The monoisotopic (exact) mass is 424 g/mol. The highest BCUT2D eigenvalue weighted by molar-refractivity contribution is 7.11. The number of hydrogen-bond donors (Lipinski definition) is 5. The number of benzene rings is 2. The normalized spacial score (nSPS) is 18.6. The van der Waals surface area contributed by atoms with Crippen molar-refractivity contribution in [2.45, 2.75) is 37.8 Å². The van der Waals surface area contributed by atoms with Crippen LogP contribution in [0.25, 0.3) is 0 Å². The molecule has 1 heterocycles. The Morgan fingerprint density at radius 1 is 1.00 bits per heavy atom. The first kappa shape index (κ1) is 20.2. The minimum atomic E-state index is -0.250. The fourth-order valence-corrected chi connectivity index (χ4v) is 4.17. The topological polar surface area (TPSA) is 110 Å². The second kappa shape index (κ2) is 9.15. The largest absolute Gasteiger partial charge is 0.492 e. The van der Waals surface area contributed by atoms with Gasteiger partial charge in [-0.2, -0.15) is 4.37 Å². The number of aliphatic hydroxyl groups is 1. The van der Waals surface area contributed by atoms with Crippen LogP contribution in [-0.4, -0.2) is 32.6 Å². The highest BCUT2D eigenvalue weighted by Gasteiger charge is 2.24. The van der Waals surface area contributed by atoms with Crippen LogP contribution in [0.4, 0.5) is 10.7 Å². The third-order valence-electron chi connectivity index (χ3n) is 5.06. The van der Waals surface area contributed by atoms with Gasteiger partial charge in [0, 0.05) is 11.7 Å². The van der Waals surface area contributed by atoms with Gasteiger partial charge in [0.2, 0.25) is 5.88 Å². The molecule has 1 fully saturated rings.